The Morgan fingerprint density at radius 3 is 2.27 bits per heavy atom. The number of hydrogen-bond acceptors (Lipinski definition) is 2. The molecule has 0 spiro atoms. The predicted molar refractivity (Wildman–Crippen MR) is 48.9 cm³/mol. The van der Waals surface area contributed by atoms with E-state index in [2.05, 4.69) is 0 Å². The third-order valence-electron chi connectivity index (χ3n) is 2.58. The van der Waals surface area contributed by atoms with Crippen LogP contribution in [0.1, 0.15) is 39.0 Å². The van der Waals surface area contributed by atoms with Crippen LogP contribution in [0.25, 0.3) is 0 Å². The first-order valence-corrected chi connectivity index (χ1v) is 4.16. The monoisotopic (exact) mass is 179 g/mol. The highest BCUT2D eigenvalue weighted by Crippen LogP contribution is 2.31. The first kappa shape index (κ1) is 11.2. The molecule has 0 radical (unpaired) electrons. The summed E-state index contributed by atoms with van der Waals surface area (Å²) in [5, 5.41) is 9.49. The molecule has 1 aliphatic carbocycles. The maximum atomic E-state index is 9.49. The number of aliphatic hydroxyl groups is 1. The van der Waals surface area contributed by atoms with Gasteiger partial charge in [-0.1, -0.05) is 19.8 Å². The van der Waals surface area contributed by atoms with Gasteiger partial charge in [-0.15, -0.1) is 12.4 Å². The summed E-state index contributed by atoms with van der Waals surface area (Å²) in [5.41, 5.74) is 5.72. The van der Waals surface area contributed by atoms with Crippen LogP contribution in [0.5, 0.6) is 0 Å². The Balaban J connectivity index is 0.000001000. The summed E-state index contributed by atoms with van der Waals surface area (Å²) in [6.07, 6.45) is 4.89. The zero-order valence-electron chi connectivity index (χ0n) is 7.05. The fraction of sp³-hybridized carbons (Fsp3) is 1.00. The van der Waals surface area contributed by atoms with E-state index >= 15 is 0 Å². The van der Waals surface area contributed by atoms with Gasteiger partial charge in [0.05, 0.1) is 6.10 Å². The number of hydrogen-bond donors (Lipinski definition) is 2. The zero-order valence-corrected chi connectivity index (χ0v) is 7.86. The maximum absolute atomic E-state index is 9.49. The Kier molecular flexibility index (Phi) is 4.37. The lowest BCUT2D eigenvalue weighted by Gasteiger charge is -2.28. The summed E-state index contributed by atoms with van der Waals surface area (Å²) < 4.78 is 0. The third-order valence-corrected chi connectivity index (χ3v) is 2.58. The van der Waals surface area contributed by atoms with Crippen molar-refractivity contribution in [2.75, 3.05) is 0 Å². The van der Waals surface area contributed by atoms with Crippen LogP contribution < -0.4 is 5.73 Å². The smallest absolute Gasteiger partial charge is 0.0717 e. The molecule has 1 saturated carbocycles. The lowest BCUT2D eigenvalue weighted by atomic mass is 9.90. The van der Waals surface area contributed by atoms with Gasteiger partial charge >= 0.3 is 0 Å². The van der Waals surface area contributed by atoms with E-state index in [1.54, 1.807) is 0 Å². The molecule has 1 fully saturated rings. The van der Waals surface area contributed by atoms with Crippen LogP contribution in [0.15, 0.2) is 0 Å². The molecule has 3 N–H and O–H groups in total. The minimum Gasteiger partial charge on any atom is -0.391 e. The second-order valence-corrected chi connectivity index (χ2v) is 3.36. The Morgan fingerprint density at radius 2 is 1.91 bits per heavy atom. The third kappa shape index (κ3) is 2.32. The summed E-state index contributed by atoms with van der Waals surface area (Å²) in [6, 6.07) is 0. The average Bonchev–Trinajstić information content (AvgIpc) is 2.36. The highest BCUT2D eigenvalue weighted by Gasteiger charge is 2.35. The molecule has 0 aromatic carbocycles. The summed E-state index contributed by atoms with van der Waals surface area (Å²) in [7, 11) is 0. The van der Waals surface area contributed by atoms with Crippen LogP contribution in [0, 0.1) is 0 Å². The summed E-state index contributed by atoms with van der Waals surface area (Å²) in [4.78, 5) is 0. The average molecular weight is 180 g/mol. The van der Waals surface area contributed by atoms with E-state index in [9.17, 15) is 5.11 Å². The van der Waals surface area contributed by atoms with Gasteiger partial charge in [-0.2, -0.15) is 0 Å². The number of aliphatic hydroxyl groups excluding tert-OH is 1. The van der Waals surface area contributed by atoms with Crippen molar-refractivity contribution in [2.24, 2.45) is 5.73 Å². The molecular formula is C8H18ClNO. The van der Waals surface area contributed by atoms with E-state index in [0.717, 1.165) is 19.3 Å². The quantitative estimate of drug-likeness (QED) is 0.674. The van der Waals surface area contributed by atoms with Crippen LogP contribution in [0.2, 0.25) is 0 Å². The van der Waals surface area contributed by atoms with Crippen molar-refractivity contribution in [1.29, 1.82) is 0 Å². The van der Waals surface area contributed by atoms with E-state index < -0.39 is 0 Å². The van der Waals surface area contributed by atoms with Crippen molar-refractivity contribution < 1.29 is 5.11 Å². The number of halogens is 1. The molecule has 68 valence electrons. The maximum Gasteiger partial charge on any atom is 0.0717 e. The van der Waals surface area contributed by atoms with Gasteiger partial charge in [0.2, 0.25) is 0 Å². The van der Waals surface area contributed by atoms with Crippen molar-refractivity contribution in [3.8, 4) is 0 Å². The standard InChI is InChI=1S/C8H17NO.ClH/c1-2-7(10)8(9)5-3-4-6-8;/h7,10H,2-6,9H2,1H3;1H. The molecule has 11 heavy (non-hydrogen) atoms. The van der Waals surface area contributed by atoms with Gasteiger partial charge in [0.1, 0.15) is 0 Å². The normalized spacial score (nSPS) is 24.3. The molecule has 1 atom stereocenters. The molecular weight excluding hydrogens is 162 g/mol. The van der Waals surface area contributed by atoms with Crippen molar-refractivity contribution >= 4 is 12.4 Å². The van der Waals surface area contributed by atoms with Crippen LogP contribution in [0.4, 0.5) is 0 Å². The minimum absolute atomic E-state index is 0. The molecule has 1 aliphatic rings. The molecule has 0 aromatic rings. The topological polar surface area (TPSA) is 46.2 Å². The zero-order chi connectivity index (χ0) is 7.61. The second kappa shape index (κ2) is 4.29. The fourth-order valence-corrected chi connectivity index (χ4v) is 1.77. The first-order chi connectivity index (χ1) is 4.69. The van der Waals surface area contributed by atoms with Crippen molar-refractivity contribution in [3.05, 3.63) is 0 Å². The van der Waals surface area contributed by atoms with Crippen LogP contribution in [0.3, 0.4) is 0 Å². The molecule has 0 saturated heterocycles. The largest absolute Gasteiger partial charge is 0.391 e. The molecule has 3 heteroatoms. The fourth-order valence-electron chi connectivity index (χ4n) is 1.77. The molecule has 0 aromatic heterocycles. The summed E-state index contributed by atoms with van der Waals surface area (Å²) >= 11 is 0. The summed E-state index contributed by atoms with van der Waals surface area (Å²) in [5.74, 6) is 0. The van der Waals surface area contributed by atoms with Gasteiger partial charge in [-0.3, -0.25) is 0 Å². The van der Waals surface area contributed by atoms with E-state index in [4.69, 9.17) is 5.73 Å². The predicted octanol–water partition coefficient (Wildman–Crippen LogP) is 1.45. The Bertz CT molecular complexity index is 113. The van der Waals surface area contributed by atoms with Gasteiger partial charge in [0, 0.05) is 5.54 Å². The van der Waals surface area contributed by atoms with E-state index in [1.165, 1.54) is 12.8 Å². The van der Waals surface area contributed by atoms with Gasteiger partial charge in [-0.25, -0.2) is 0 Å². The highest BCUT2D eigenvalue weighted by atomic mass is 35.5. The van der Waals surface area contributed by atoms with Gasteiger partial charge in [0.15, 0.2) is 0 Å². The van der Waals surface area contributed by atoms with E-state index in [1.807, 2.05) is 6.92 Å². The number of nitrogens with two attached hydrogens (primary N) is 1. The second-order valence-electron chi connectivity index (χ2n) is 3.36. The van der Waals surface area contributed by atoms with Crippen LogP contribution >= 0.6 is 12.4 Å². The van der Waals surface area contributed by atoms with Crippen molar-refractivity contribution in [3.63, 3.8) is 0 Å². The number of rotatable bonds is 2. The Hall–Kier alpha value is 0.210. The molecule has 1 rings (SSSR count). The minimum atomic E-state index is -0.282. The highest BCUT2D eigenvalue weighted by molar-refractivity contribution is 5.85. The molecule has 0 aliphatic heterocycles. The lowest BCUT2D eigenvalue weighted by molar-refractivity contribution is 0.0836. The Labute approximate surface area is 74.6 Å². The van der Waals surface area contributed by atoms with Gasteiger partial charge in [-0.05, 0) is 19.3 Å². The van der Waals surface area contributed by atoms with E-state index in [-0.39, 0.29) is 24.0 Å². The molecule has 0 amide bonds. The summed E-state index contributed by atoms with van der Waals surface area (Å²) in [6.45, 7) is 1.98. The van der Waals surface area contributed by atoms with Gasteiger partial charge in [0.25, 0.3) is 0 Å². The molecule has 0 heterocycles. The van der Waals surface area contributed by atoms with Crippen molar-refractivity contribution in [1.82, 2.24) is 0 Å². The molecule has 2 nitrogen and oxygen atoms in total. The lowest BCUT2D eigenvalue weighted by Crippen LogP contribution is -2.47. The molecule has 0 bridgehead atoms. The SMILES string of the molecule is CCC(O)C1(N)CCCC1.Cl. The van der Waals surface area contributed by atoms with Gasteiger partial charge < -0.3 is 10.8 Å². The van der Waals surface area contributed by atoms with E-state index in [0.29, 0.717) is 0 Å². The molecule has 1 unspecified atom stereocenters. The Morgan fingerprint density at radius 1 is 1.45 bits per heavy atom. The van der Waals surface area contributed by atoms with Crippen LogP contribution in [-0.4, -0.2) is 16.7 Å². The first-order valence-electron chi connectivity index (χ1n) is 4.16. The van der Waals surface area contributed by atoms with Crippen molar-refractivity contribution in [2.45, 2.75) is 50.7 Å². The van der Waals surface area contributed by atoms with Crippen LogP contribution in [-0.2, 0) is 0 Å².